The third-order valence-electron chi connectivity index (χ3n) is 3.89. The molecule has 0 aliphatic carbocycles. The van der Waals surface area contributed by atoms with Crippen LogP contribution in [0.25, 0.3) is 0 Å². The van der Waals surface area contributed by atoms with Crippen LogP contribution in [-0.4, -0.2) is 49.3 Å². The van der Waals surface area contributed by atoms with Gasteiger partial charge in [0.2, 0.25) is 5.13 Å². The lowest BCUT2D eigenvalue weighted by Gasteiger charge is -2.31. The van der Waals surface area contributed by atoms with Gasteiger partial charge in [-0.1, -0.05) is 20.8 Å². The summed E-state index contributed by atoms with van der Waals surface area (Å²) in [6.45, 7) is 11.5. The van der Waals surface area contributed by atoms with Gasteiger partial charge in [0.1, 0.15) is 5.82 Å². The molecule has 5 nitrogen and oxygen atoms in total. The molecule has 0 amide bonds. The molecule has 120 valence electrons. The summed E-state index contributed by atoms with van der Waals surface area (Å²) in [5, 5.41) is 4.55. The van der Waals surface area contributed by atoms with Crippen LogP contribution < -0.4 is 10.2 Å². The summed E-state index contributed by atoms with van der Waals surface area (Å²) in [7, 11) is 1.74. The third kappa shape index (κ3) is 4.90. The monoisotopic (exact) mass is 312 g/mol. The van der Waals surface area contributed by atoms with Crippen LogP contribution in [0.5, 0.6) is 0 Å². The van der Waals surface area contributed by atoms with Gasteiger partial charge in [-0.15, -0.1) is 0 Å². The largest absolute Gasteiger partial charge is 0.383 e. The van der Waals surface area contributed by atoms with E-state index in [9.17, 15) is 0 Å². The van der Waals surface area contributed by atoms with Gasteiger partial charge in [0.05, 0.1) is 6.61 Å². The van der Waals surface area contributed by atoms with E-state index in [1.54, 1.807) is 18.6 Å². The van der Waals surface area contributed by atoms with Crippen LogP contribution in [-0.2, 0) is 10.2 Å². The number of ether oxygens (including phenoxy) is 1. The summed E-state index contributed by atoms with van der Waals surface area (Å²) >= 11 is 1.54. The first kappa shape index (κ1) is 16.6. The Balaban J connectivity index is 1.77. The molecule has 2 rings (SSSR count). The lowest BCUT2D eigenvalue weighted by Crippen LogP contribution is -2.37. The Morgan fingerprint density at radius 3 is 2.62 bits per heavy atom. The van der Waals surface area contributed by atoms with Crippen LogP contribution in [0.2, 0.25) is 0 Å². The third-order valence-corrected chi connectivity index (χ3v) is 4.66. The number of piperidine rings is 1. The van der Waals surface area contributed by atoms with E-state index in [1.807, 2.05) is 0 Å². The molecule has 0 saturated carbocycles. The Morgan fingerprint density at radius 1 is 1.33 bits per heavy atom. The summed E-state index contributed by atoms with van der Waals surface area (Å²) < 4.78 is 9.57. The smallest absolute Gasteiger partial charge is 0.205 e. The van der Waals surface area contributed by atoms with Crippen molar-refractivity contribution in [2.45, 2.75) is 39.0 Å². The fourth-order valence-electron chi connectivity index (χ4n) is 2.46. The van der Waals surface area contributed by atoms with Gasteiger partial charge in [0.25, 0.3) is 0 Å². The van der Waals surface area contributed by atoms with Crippen LogP contribution in [0, 0.1) is 5.92 Å². The van der Waals surface area contributed by atoms with Gasteiger partial charge >= 0.3 is 0 Å². The maximum Gasteiger partial charge on any atom is 0.205 e. The van der Waals surface area contributed by atoms with Crippen molar-refractivity contribution in [1.29, 1.82) is 0 Å². The Bertz CT molecular complexity index is 422. The van der Waals surface area contributed by atoms with E-state index in [4.69, 9.17) is 9.72 Å². The number of hydrogen-bond donors (Lipinski definition) is 1. The maximum absolute atomic E-state index is 5.05. The zero-order valence-corrected chi connectivity index (χ0v) is 14.5. The highest BCUT2D eigenvalue weighted by Crippen LogP contribution is 2.28. The molecule has 1 aliphatic heterocycles. The summed E-state index contributed by atoms with van der Waals surface area (Å²) in [5.74, 6) is 1.74. The molecule has 1 fully saturated rings. The van der Waals surface area contributed by atoms with Crippen molar-refractivity contribution < 1.29 is 4.74 Å². The van der Waals surface area contributed by atoms with Crippen LogP contribution >= 0.6 is 11.5 Å². The van der Waals surface area contributed by atoms with Gasteiger partial charge in [-0.3, -0.25) is 0 Å². The first-order valence-electron chi connectivity index (χ1n) is 7.79. The second-order valence-corrected chi connectivity index (χ2v) is 7.51. The van der Waals surface area contributed by atoms with Gasteiger partial charge in [-0.05, 0) is 25.3 Å². The topological polar surface area (TPSA) is 50.3 Å². The van der Waals surface area contributed by atoms with Gasteiger partial charge in [-0.25, -0.2) is 4.98 Å². The van der Waals surface area contributed by atoms with E-state index in [0.717, 1.165) is 49.7 Å². The van der Waals surface area contributed by atoms with E-state index in [2.05, 4.69) is 35.4 Å². The van der Waals surface area contributed by atoms with Crippen molar-refractivity contribution in [1.82, 2.24) is 14.7 Å². The molecular formula is C15H28N4OS. The average Bonchev–Trinajstić information content (AvgIpc) is 2.94. The summed E-state index contributed by atoms with van der Waals surface area (Å²) in [6, 6.07) is 0. The van der Waals surface area contributed by atoms with E-state index < -0.39 is 0 Å². The molecule has 1 N–H and O–H groups in total. The SMILES string of the molecule is COCCNCC1CCN(c2nc(C(C)(C)C)ns2)CC1. The molecule has 1 aliphatic rings. The minimum atomic E-state index is 0.0400. The fourth-order valence-corrected chi connectivity index (χ4v) is 3.37. The molecule has 6 heteroatoms. The predicted octanol–water partition coefficient (Wildman–Crippen LogP) is 2.29. The molecule has 0 atom stereocenters. The Hall–Kier alpha value is -0.720. The lowest BCUT2D eigenvalue weighted by molar-refractivity contribution is 0.197. The highest BCUT2D eigenvalue weighted by molar-refractivity contribution is 7.09. The molecule has 0 aromatic carbocycles. The predicted molar refractivity (Wildman–Crippen MR) is 88.3 cm³/mol. The maximum atomic E-state index is 5.05. The Labute approximate surface area is 132 Å². The molecule has 1 aromatic rings. The molecule has 1 aromatic heterocycles. The first-order valence-corrected chi connectivity index (χ1v) is 8.57. The van der Waals surface area contributed by atoms with Crippen molar-refractivity contribution in [2.75, 3.05) is 44.8 Å². The molecule has 0 spiro atoms. The number of aromatic nitrogens is 2. The number of anilines is 1. The molecule has 21 heavy (non-hydrogen) atoms. The number of nitrogens with zero attached hydrogens (tertiary/aromatic N) is 3. The van der Waals surface area contributed by atoms with Gasteiger partial charge in [-0.2, -0.15) is 4.37 Å². The molecule has 2 heterocycles. The van der Waals surface area contributed by atoms with Crippen molar-refractivity contribution in [3.05, 3.63) is 5.82 Å². The highest BCUT2D eigenvalue weighted by atomic mass is 32.1. The van der Waals surface area contributed by atoms with Crippen LogP contribution in [0.1, 0.15) is 39.4 Å². The minimum Gasteiger partial charge on any atom is -0.383 e. The number of methoxy groups -OCH3 is 1. The standard InChI is InChI=1S/C15H28N4OS/c1-15(2,3)13-17-14(21-18-13)19-8-5-12(6-9-19)11-16-7-10-20-4/h12,16H,5-11H2,1-4H3. The second kappa shape index (κ2) is 7.51. The number of nitrogens with one attached hydrogen (secondary N) is 1. The van der Waals surface area contributed by atoms with E-state index in [-0.39, 0.29) is 5.41 Å². The van der Waals surface area contributed by atoms with Crippen molar-refractivity contribution in [3.63, 3.8) is 0 Å². The van der Waals surface area contributed by atoms with Crippen molar-refractivity contribution in [3.8, 4) is 0 Å². The normalized spacial score (nSPS) is 17.4. The van der Waals surface area contributed by atoms with Crippen LogP contribution in [0.15, 0.2) is 0 Å². The number of rotatable bonds is 6. The average molecular weight is 312 g/mol. The van der Waals surface area contributed by atoms with E-state index >= 15 is 0 Å². The zero-order chi connectivity index (χ0) is 15.3. The van der Waals surface area contributed by atoms with Crippen molar-refractivity contribution >= 4 is 16.7 Å². The molecular weight excluding hydrogens is 284 g/mol. The van der Waals surface area contributed by atoms with Crippen molar-refractivity contribution in [2.24, 2.45) is 5.92 Å². The molecule has 0 unspecified atom stereocenters. The zero-order valence-electron chi connectivity index (χ0n) is 13.7. The molecule has 0 bridgehead atoms. The summed E-state index contributed by atoms with van der Waals surface area (Å²) in [6.07, 6.45) is 2.45. The molecule has 0 radical (unpaired) electrons. The van der Waals surface area contributed by atoms with E-state index in [1.165, 1.54) is 12.8 Å². The minimum absolute atomic E-state index is 0.0400. The lowest BCUT2D eigenvalue weighted by atomic mass is 9.96. The van der Waals surface area contributed by atoms with Gasteiger partial charge in [0.15, 0.2) is 0 Å². The van der Waals surface area contributed by atoms with Crippen LogP contribution in [0.4, 0.5) is 5.13 Å². The van der Waals surface area contributed by atoms with Crippen LogP contribution in [0.3, 0.4) is 0 Å². The summed E-state index contributed by atoms with van der Waals surface area (Å²) in [4.78, 5) is 7.11. The quantitative estimate of drug-likeness (QED) is 0.817. The van der Waals surface area contributed by atoms with Gasteiger partial charge < -0.3 is 15.0 Å². The molecule has 1 saturated heterocycles. The Morgan fingerprint density at radius 2 is 2.05 bits per heavy atom. The highest BCUT2D eigenvalue weighted by Gasteiger charge is 2.24. The van der Waals surface area contributed by atoms with E-state index in [0.29, 0.717) is 0 Å². The fraction of sp³-hybridized carbons (Fsp3) is 0.867. The van der Waals surface area contributed by atoms with Gasteiger partial charge in [0, 0.05) is 43.7 Å². The second-order valence-electron chi connectivity index (χ2n) is 6.78. The first-order chi connectivity index (χ1) is 10.0. The number of hydrogen-bond acceptors (Lipinski definition) is 6. The summed E-state index contributed by atoms with van der Waals surface area (Å²) in [5.41, 5.74) is 0.0400. The Kier molecular flexibility index (Phi) is 5.96.